The molecule has 3 nitrogen and oxygen atoms in total. The summed E-state index contributed by atoms with van der Waals surface area (Å²) < 4.78 is 18.8. The molecule has 1 aromatic heterocycles. The van der Waals surface area contributed by atoms with E-state index in [1.54, 1.807) is 6.07 Å². The minimum absolute atomic E-state index is 0. The Morgan fingerprint density at radius 2 is 2.26 bits per heavy atom. The first-order valence-corrected chi connectivity index (χ1v) is 6.34. The summed E-state index contributed by atoms with van der Waals surface area (Å²) in [6, 6.07) is 7.09. The van der Waals surface area contributed by atoms with Gasteiger partial charge >= 0.3 is 0 Å². The van der Waals surface area contributed by atoms with Gasteiger partial charge in [0, 0.05) is 31.1 Å². The topological polar surface area (TPSA) is 28.4 Å². The number of hydrogen-bond donors (Lipinski definition) is 1. The quantitative estimate of drug-likeness (QED) is 0.919. The lowest BCUT2D eigenvalue weighted by atomic mass is 10.2. The van der Waals surface area contributed by atoms with Crippen LogP contribution >= 0.6 is 12.4 Å². The van der Waals surface area contributed by atoms with E-state index in [2.05, 4.69) is 17.1 Å². The molecule has 1 aromatic carbocycles. The van der Waals surface area contributed by atoms with Gasteiger partial charge in [0.15, 0.2) is 0 Å². The molecule has 0 bridgehead atoms. The van der Waals surface area contributed by atoms with Crippen LogP contribution in [-0.4, -0.2) is 30.6 Å². The van der Waals surface area contributed by atoms with Crippen LogP contribution in [0.25, 0.3) is 11.0 Å². The van der Waals surface area contributed by atoms with Gasteiger partial charge in [-0.2, -0.15) is 0 Å². The number of nitrogens with zero attached hydrogens (tertiary/aromatic N) is 1. The van der Waals surface area contributed by atoms with Crippen molar-refractivity contribution < 1.29 is 8.81 Å². The minimum Gasteiger partial charge on any atom is -0.460 e. The largest absolute Gasteiger partial charge is 0.460 e. The van der Waals surface area contributed by atoms with Gasteiger partial charge in [-0.25, -0.2) is 4.39 Å². The van der Waals surface area contributed by atoms with Gasteiger partial charge in [0.1, 0.15) is 17.2 Å². The summed E-state index contributed by atoms with van der Waals surface area (Å²) in [5.74, 6) is 0.690. The first-order valence-electron chi connectivity index (χ1n) is 6.34. The number of hydrogen-bond acceptors (Lipinski definition) is 3. The zero-order chi connectivity index (χ0) is 12.5. The van der Waals surface area contributed by atoms with Crippen LogP contribution in [0.5, 0.6) is 0 Å². The fourth-order valence-electron chi connectivity index (χ4n) is 2.52. The lowest BCUT2D eigenvalue weighted by molar-refractivity contribution is 0.188. The van der Waals surface area contributed by atoms with E-state index in [1.165, 1.54) is 12.1 Å². The van der Waals surface area contributed by atoms with Gasteiger partial charge < -0.3 is 9.73 Å². The standard InChI is InChI=1S/C14H17FN2O.ClH/c1-10-8-17(5-4-16-10)9-13-7-11-6-12(15)2-3-14(11)18-13;/h2-3,6-7,10,16H,4-5,8-9H2,1H3;1H. The van der Waals surface area contributed by atoms with E-state index >= 15 is 0 Å². The van der Waals surface area contributed by atoms with E-state index in [0.717, 1.165) is 42.9 Å². The number of fused-ring (bicyclic) bond motifs is 1. The van der Waals surface area contributed by atoms with Crippen molar-refractivity contribution in [2.45, 2.75) is 19.5 Å². The SMILES string of the molecule is CC1CN(Cc2cc3cc(F)ccc3o2)CCN1.Cl. The van der Waals surface area contributed by atoms with E-state index in [-0.39, 0.29) is 18.2 Å². The van der Waals surface area contributed by atoms with E-state index in [1.807, 2.05) is 6.07 Å². The molecule has 1 N–H and O–H groups in total. The van der Waals surface area contributed by atoms with Crippen molar-refractivity contribution in [3.05, 3.63) is 35.8 Å². The third kappa shape index (κ3) is 3.26. The number of piperazine rings is 1. The molecule has 1 aliphatic heterocycles. The molecule has 0 saturated carbocycles. The maximum atomic E-state index is 13.1. The summed E-state index contributed by atoms with van der Waals surface area (Å²) in [6.07, 6.45) is 0. The van der Waals surface area contributed by atoms with Crippen LogP contribution in [0.4, 0.5) is 4.39 Å². The maximum Gasteiger partial charge on any atom is 0.134 e. The molecular weight excluding hydrogens is 267 g/mol. The molecule has 1 fully saturated rings. The van der Waals surface area contributed by atoms with Crippen LogP contribution in [0.15, 0.2) is 28.7 Å². The second-order valence-corrected chi connectivity index (χ2v) is 4.99. The number of rotatable bonds is 2. The highest BCUT2D eigenvalue weighted by molar-refractivity contribution is 5.85. The molecular formula is C14H18ClFN2O. The molecule has 1 aliphatic rings. The summed E-state index contributed by atoms with van der Waals surface area (Å²) in [5, 5.41) is 4.25. The molecule has 3 rings (SSSR count). The van der Waals surface area contributed by atoms with E-state index in [9.17, 15) is 4.39 Å². The summed E-state index contributed by atoms with van der Waals surface area (Å²) in [4.78, 5) is 2.36. The Labute approximate surface area is 118 Å². The van der Waals surface area contributed by atoms with Gasteiger partial charge in [0.05, 0.1) is 6.54 Å². The van der Waals surface area contributed by atoms with Gasteiger partial charge in [0.25, 0.3) is 0 Å². The highest BCUT2D eigenvalue weighted by atomic mass is 35.5. The first-order chi connectivity index (χ1) is 8.70. The van der Waals surface area contributed by atoms with Crippen molar-refractivity contribution in [1.29, 1.82) is 0 Å². The predicted molar refractivity (Wildman–Crippen MR) is 76.2 cm³/mol. The van der Waals surface area contributed by atoms with Crippen molar-refractivity contribution in [2.24, 2.45) is 0 Å². The Bertz CT molecular complexity index is 557. The number of furan rings is 1. The van der Waals surface area contributed by atoms with Gasteiger partial charge in [-0.1, -0.05) is 0 Å². The average molecular weight is 285 g/mol. The second-order valence-electron chi connectivity index (χ2n) is 4.99. The molecule has 0 aliphatic carbocycles. The third-order valence-electron chi connectivity index (χ3n) is 3.36. The van der Waals surface area contributed by atoms with Crippen LogP contribution in [0, 0.1) is 5.82 Å². The summed E-state index contributed by atoms with van der Waals surface area (Å²) >= 11 is 0. The Morgan fingerprint density at radius 1 is 1.42 bits per heavy atom. The summed E-state index contributed by atoms with van der Waals surface area (Å²) in [7, 11) is 0. The van der Waals surface area contributed by atoms with Gasteiger partial charge in [-0.05, 0) is 31.2 Å². The van der Waals surface area contributed by atoms with Crippen molar-refractivity contribution in [1.82, 2.24) is 10.2 Å². The van der Waals surface area contributed by atoms with Crippen LogP contribution in [0.2, 0.25) is 0 Å². The monoisotopic (exact) mass is 284 g/mol. The molecule has 0 spiro atoms. The molecule has 0 radical (unpaired) electrons. The van der Waals surface area contributed by atoms with Crippen molar-refractivity contribution in [3.8, 4) is 0 Å². The summed E-state index contributed by atoms with van der Waals surface area (Å²) in [5.41, 5.74) is 0.759. The zero-order valence-electron chi connectivity index (χ0n) is 10.9. The molecule has 0 amide bonds. The lowest BCUT2D eigenvalue weighted by Crippen LogP contribution is -2.48. The first kappa shape index (κ1) is 14.3. The number of nitrogens with one attached hydrogen (secondary N) is 1. The third-order valence-corrected chi connectivity index (χ3v) is 3.36. The number of benzene rings is 1. The van der Waals surface area contributed by atoms with E-state index in [4.69, 9.17) is 4.42 Å². The van der Waals surface area contributed by atoms with Gasteiger partial charge in [-0.3, -0.25) is 4.90 Å². The fraction of sp³-hybridized carbons (Fsp3) is 0.429. The second kappa shape index (κ2) is 5.90. The smallest absolute Gasteiger partial charge is 0.134 e. The molecule has 5 heteroatoms. The van der Waals surface area contributed by atoms with E-state index < -0.39 is 0 Å². The maximum absolute atomic E-state index is 13.1. The molecule has 2 aromatic rings. The normalized spacial score (nSPS) is 20.4. The Balaban J connectivity index is 0.00000133. The van der Waals surface area contributed by atoms with Crippen molar-refractivity contribution in [3.63, 3.8) is 0 Å². The van der Waals surface area contributed by atoms with Crippen molar-refractivity contribution in [2.75, 3.05) is 19.6 Å². The van der Waals surface area contributed by atoms with Crippen LogP contribution in [0.3, 0.4) is 0 Å². The lowest BCUT2D eigenvalue weighted by Gasteiger charge is -2.30. The molecule has 2 heterocycles. The minimum atomic E-state index is -0.217. The number of halogens is 2. The highest BCUT2D eigenvalue weighted by Crippen LogP contribution is 2.21. The Kier molecular flexibility index (Phi) is 4.45. The van der Waals surface area contributed by atoms with Crippen molar-refractivity contribution >= 4 is 23.4 Å². The molecule has 1 atom stereocenters. The average Bonchev–Trinajstić information content (AvgIpc) is 2.70. The zero-order valence-corrected chi connectivity index (χ0v) is 11.7. The predicted octanol–water partition coefficient (Wildman–Crippen LogP) is 2.79. The fourth-order valence-corrected chi connectivity index (χ4v) is 2.52. The molecule has 19 heavy (non-hydrogen) atoms. The van der Waals surface area contributed by atoms with Gasteiger partial charge in [-0.15, -0.1) is 12.4 Å². The molecule has 1 unspecified atom stereocenters. The Hall–Kier alpha value is -1.10. The Morgan fingerprint density at radius 3 is 3.05 bits per heavy atom. The molecule has 1 saturated heterocycles. The highest BCUT2D eigenvalue weighted by Gasteiger charge is 2.17. The van der Waals surface area contributed by atoms with Gasteiger partial charge in [0.2, 0.25) is 0 Å². The summed E-state index contributed by atoms with van der Waals surface area (Å²) in [6.45, 7) is 6.03. The van der Waals surface area contributed by atoms with Crippen LogP contribution in [0.1, 0.15) is 12.7 Å². The molecule has 104 valence electrons. The van der Waals surface area contributed by atoms with E-state index in [0.29, 0.717) is 6.04 Å². The van der Waals surface area contributed by atoms with Crippen LogP contribution < -0.4 is 5.32 Å². The van der Waals surface area contributed by atoms with Crippen LogP contribution in [-0.2, 0) is 6.54 Å².